The van der Waals surface area contributed by atoms with Crippen molar-refractivity contribution in [1.82, 2.24) is 9.97 Å². The van der Waals surface area contributed by atoms with Crippen molar-refractivity contribution in [1.29, 1.82) is 0 Å². The first-order valence-electron chi connectivity index (χ1n) is 8.41. The van der Waals surface area contributed by atoms with Crippen LogP contribution >= 0.6 is 0 Å². The van der Waals surface area contributed by atoms with Crippen LogP contribution in [-0.2, 0) is 12.8 Å². The summed E-state index contributed by atoms with van der Waals surface area (Å²) in [5.41, 5.74) is 2.74. The van der Waals surface area contributed by atoms with Crippen LogP contribution in [0.5, 0.6) is 0 Å². The highest BCUT2D eigenvalue weighted by Crippen LogP contribution is 2.38. The Morgan fingerprint density at radius 2 is 2.00 bits per heavy atom. The average Bonchev–Trinajstić information content (AvgIpc) is 2.91. The van der Waals surface area contributed by atoms with Crippen LogP contribution in [-0.4, -0.2) is 16.5 Å². The van der Waals surface area contributed by atoms with E-state index in [0.29, 0.717) is 5.92 Å². The fourth-order valence-electron chi connectivity index (χ4n) is 3.63. The lowest BCUT2D eigenvalue weighted by atomic mass is 9.95. The fourth-order valence-corrected chi connectivity index (χ4v) is 3.63. The van der Waals surface area contributed by atoms with E-state index >= 15 is 0 Å². The average molecular weight is 273 g/mol. The van der Waals surface area contributed by atoms with E-state index in [1.54, 1.807) is 0 Å². The molecule has 3 heteroatoms. The Bertz CT molecular complexity index is 470. The van der Waals surface area contributed by atoms with E-state index in [1.807, 2.05) is 0 Å². The quantitative estimate of drug-likeness (QED) is 0.898. The molecule has 1 fully saturated rings. The summed E-state index contributed by atoms with van der Waals surface area (Å²) in [5, 5.41) is 3.55. The van der Waals surface area contributed by atoms with Gasteiger partial charge in [0.1, 0.15) is 11.6 Å². The Morgan fingerprint density at radius 3 is 2.75 bits per heavy atom. The van der Waals surface area contributed by atoms with Crippen molar-refractivity contribution in [3.63, 3.8) is 0 Å². The number of nitrogens with zero attached hydrogens (tertiary/aromatic N) is 2. The minimum absolute atomic E-state index is 0.597. The highest BCUT2D eigenvalue weighted by atomic mass is 15.0. The predicted octanol–water partition coefficient (Wildman–Crippen LogP) is 4.08. The van der Waals surface area contributed by atoms with Crippen molar-refractivity contribution in [3.8, 4) is 0 Å². The molecule has 2 aliphatic carbocycles. The minimum Gasteiger partial charge on any atom is -0.370 e. The van der Waals surface area contributed by atoms with Crippen molar-refractivity contribution in [2.75, 3.05) is 11.9 Å². The summed E-state index contributed by atoms with van der Waals surface area (Å²) < 4.78 is 0. The standard InChI is InChI=1S/C17H27N3/c1-3-10-18-17-14-6-4-5-7-15(14)19-16(20-17)13-9-8-12(2)11-13/h12-13H,3-11H2,1-2H3,(H,18,19,20). The first-order valence-corrected chi connectivity index (χ1v) is 8.41. The van der Waals surface area contributed by atoms with Crippen molar-refractivity contribution < 1.29 is 0 Å². The molecule has 110 valence electrons. The first-order chi connectivity index (χ1) is 9.78. The lowest BCUT2D eigenvalue weighted by molar-refractivity contribution is 0.578. The maximum Gasteiger partial charge on any atom is 0.134 e. The number of hydrogen-bond donors (Lipinski definition) is 1. The van der Waals surface area contributed by atoms with Crippen LogP contribution in [0.4, 0.5) is 5.82 Å². The number of fused-ring (bicyclic) bond motifs is 1. The van der Waals surface area contributed by atoms with Crippen LogP contribution in [0, 0.1) is 5.92 Å². The third kappa shape index (κ3) is 2.82. The zero-order valence-electron chi connectivity index (χ0n) is 12.9. The molecule has 0 aliphatic heterocycles. The number of aryl methyl sites for hydroxylation is 1. The number of hydrogen-bond acceptors (Lipinski definition) is 3. The minimum atomic E-state index is 0.597. The SMILES string of the molecule is CCCNc1nc(C2CCC(C)C2)nc2c1CCCC2. The number of rotatable bonds is 4. The highest BCUT2D eigenvalue weighted by molar-refractivity contribution is 5.48. The van der Waals surface area contributed by atoms with Crippen molar-refractivity contribution in [2.45, 2.75) is 71.1 Å². The van der Waals surface area contributed by atoms with Gasteiger partial charge in [-0.15, -0.1) is 0 Å². The van der Waals surface area contributed by atoms with Crippen LogP contribution in [0.3, 0.4) is 0 Å². The first kappa shape index (κ1) is 13.8. The Kier molecular flexibility index (Phi) is 4.23. The van der Waals surface area contributed by atoms with Crippen molar-refractivity contribution in [2.24, 2.45) is 5.92 Å². The largest absolute Gasteiger partial charge is 0.370 e. The smallest absolute Gasteiger partial charge is 0.134 e. The topological polar surface area (TPSA) is 37.8 Å². The molecule has 0 saturated heterocycles. The van der Waals surface area contributed by atoms with Gasteiger partial charge in [-0.2, -0.15) is 0 Å². The third-order valence-corrected chi connectivity index (χ3v) is 4.80. The molecule has 2 aliphatic rings. The van der Waals surface area contributed by atoms with E-state index < -0.39 is 0 Å². The Morgan fingerprint density at radius 1 is 1.15 bits per heavy atom. The molecule has 20 heavy (non-hydrogen) atoms. The zero-order chi connectivity index (χ0) is 13.9. The molecule has 2 atom stereocenters. The highest BCUT2D eigenvalue weighted by Gasteiger charge is 2.27. The van der Waals surface area contributed by atoms with Crippen LogP contribution in [0.25, 0.3) is 0 Å². The normalized spacial score (nSPS) is 25.5. The Hall–Kier alpha value is -1.12. The van der Waals surface area contributed by atoms with Gasteiger partial charge in [0.2, 0.25) is 0 Å². The molecule has 3 nitrogen and oxygen atoms in total. The molecule has 1 aromatic rings. The lowest BCUT2D eigenvalue weighted by Crippen LogP contribution is -2.16. The van der Waals surface area contributed by atoms with Gasteiger partial charge in [0.15, 0.2) is 0 Å². The van der Waals surface area contributed by atoms with Crippen LogP contribution < -0.4 is 5.32 Å². The molecule has 0 aromatic carbocycles. The van der Waals surface area contributed by atoms with Gasteiger partial charge < -0.3 is 5.32 Å². The van der Waals surface area contributed by atoms with Crippen molar-refractivity contribution in [3.05, 3.63) is 17.1 Å². The molecule has 0 radical (unpaired) electrons. The molecule has 1 aromatic heterocycles. The molecule has 3 rings (SSSR count). The second-order valence-electron chi connectivity index (χ2n) is 6.60. The summed E-state index contributed by atoms with van der Waals surface area (Å²) >= 11 is 0. The van der Waals surface area contributed by atoms with E-state index in [9.17, 15) is 0 Å². The van der Waals surface area contributed by atoms with E-state index in [2.05, 4.69) is 19.2 Å². The molecule has 0 amide bonds. The number of aromatic nitrogens is 2. The van der Waals surface area contributed by atoms with E-state index in [1.165, 1.54) is 43.4 Å². The summed E-state index contributed by atoms with van der Waals surface area (Å²) in [5.74, 6) is 3.70. The lowest BCUT2D eigenvalue weighted by Gasteiger charge is -2.21. The Labute approximate surface area is 122 Å². The van der Waals surface area contributed by atoms with Gasteiger partial charge in [0.05, 0.1) is 0 Å². The summed E-state index contributed by atoms with van der Waals surface area (Å²) in [6, 6.07) is 0. The monoisotopic (exact) mass is 273 g/mol. The zero-order valence-corrected chi connectivity index (χ0v) is 12.9. The van der Waals surface area contributed by atoms with Crippen LogP contribution in [0.15, 0.2) is 0 Å². The van der Waals surface area contributed by atoms with Gasteiger partial charge in [-0.1, -0.05) is 13.8 Å². The molecule has 1 heterocycles. The third-order valence-electron chi connectivity index (χ3n) is 4.80. The molecule has 1 N–H and O–H groups in total. The number of nitrogens with one attached hydrogen (secondary N) is 1. The van der Waals surface area contributed by atoms with Gasteiger partial charge in [-0.25, -0.2) is 9.97 Å². The summed E-state index contributed by atoms with van der Waals surface area (Å²) in [6.45, 7) is 5.58. The molecule has 0 bridgehead atoms. The maximum atomic E-state index is 4.95. The summed E-state index contributed by atoms with van der Waals surface area (Å²) in [6.07, 6.45) is 9.90. The second kappa shape index (κ2) is 6.11. The van der Waals surface area contributed by atoms with Gasteiger partial charge in [0.25, 0.3) is 0 Å². The van der Waals surface area contributed by atoms with Gasteiger partial charge in [-0.05, 0) is 57.3 Å². The van der Waals surface area contributed by atoms with Gasteiger partial charge in [-0.3, -0.25) is 0 Å². The van der Waals surface area contributed by atoms with E-state index in [0.717, 1.165) is 43.4 Å². The molecular formula is C17H27N3. The van der Waals surface area contributed by atoms with Crippen LogP contribution in [0.2, 0.25) is 0 Å². The molecule has 0 spiro atoms. The van der Waals surface area contributed by atoms with Gasteiger partial charge >= 0.3 is 0 Å². The second-order valence-corrected chi connectivity index (χ2v) is 6.60. The predicted molar refractivity (Wildman–Crippen MR) is 83.2 cm³/mol. The molecular weight excluding hydrogens is 246 g/mol. The summed E-state index contributed by atoms with van der Waals surface area (Å²) in [4.78, 5) is 9.87. The van der Waals surface area contributed by atoms with Crippen molar-refractivity contribution >= 4 is 5.82 Å². The molecule has 1 saturated carbocycles. The van der Waals surface area contributed by atoms with E-state index in [-0.39, 0.29) is 0 Å². The van der Waals surface area contributed by atoms with Gasteiger partial charge in [0, 0.05) is 23.7 Å². The maximum absolute atomic E-state index is 4.95. The summed E-state index contributed by atoms with van der Waals surface area (Å²) in [7, 11) is 0. The fraction of sp³-hybridized carbons (Fsp3) is 0.765. The van der Waals surface area contributed by atoms with Crippen LogP contribution in [0.1, 0.15) is 75.4 Å². The Balaban J connectivity index is 1.90. The molecule has 2 unspecified atom stereocenters. The number of anilines is 1. The van der Waals surface area contributed by atoms with E-state index in [4.69, 9.17) is 9.97 Å².